The van der Waals surface area contributed by atoms with E-state index >= 15 is 0 Å². The summed E-state index contributed by atoms with van der Waals surface area (Å²) in [6.45, 7) is -2.87. The van der Waals surface area contributed by atoms with Gasteiger partial charge in [-0.05, 0) is 42.5 Å². The fraction of sp³-hybridized carbons (Fsp3) is 0.348. The number of anilines is 1. The third-order valence-electron chi connectivity index (χ3n) is 5.83. The predicted octanol–water partition coefficient (Wildman–Crippen LogP) is 2.91. The number of hydrogen-bond acceptors (Lipinski definition) is 8. The van der Waals surface area contributed by atoms with Crippen LogP contribution in [0.5, 0.6) is 5.75 Å². The highest BCUT2D eigenvalue weighted by Crippen LogP contribution is 2.32. The Morgan fingerprint density at radius 1 is 1.27 bits per heavy atom. The average Bonchev–Trinajstić information content (AvgIpc) is 3.43. The summed E-state index contributed by atoms with van der Waals surface area (Å²) in [5, 5.41) is 7.78. The van der Waals surface area contributed by atoms with Crippen molar-refractivity contribution < 1.29 is 35.3 Å². The van der Waals surface area contributed by atoms with E-state index in [9.17, 15) is 26.4 Å². The summed E-state index contributed by atoms with van der Waals surface area (Å²) in [6.07, 6.45) is 4.79. The van der Waals surface area contributed by atoms with Gasteiger partial charge in [0.05, 0.1) is 18.2 Å². The molecule has 3 aromatic rings. The SMILES string of the molecule is NS(=O)(=O)OC[C@@H]1C[C@H](F)[C@H](Nc2ncncc2C(=O)c2ccn(Cc3cccc(OC(F)F)c3)c2)C1. The Kier molecular flexibility index (Phi) is 8.10. The zero-order chi connectivity index (χ0) is 26.6. The molecule has 14 heteroatoms. The molecule has 0 amide bonds. The van der Waals surface area contributed by atoms with Crippen molar-refractivity contribution in [3.8, 4) is 5.75 Å². The maximum Gasteiger partial charge on any atom is 0.387 e. The molecular formula is C23H24F3N5O5S. The van der Waals surface area contributed by atoms with Crippen molar-refractivity contribution in [2.45, 2.75) is 38.2 Å². The second kappa shape index (κ2) is 11.3. The van der Waals surface area contributed by atoms with E-state index in [1.54, 1.807) is 35.2 Å². The zero-order valence-electron chi connectivity index (χ0n) is 19.3. The molecule has 37 heavy (non-hydrogen) atoms. The minimum atomic E-state index is -4.13. The van der Waals surface area contributed by atoms with E-state index in [2.05, 4.69) is 24.2 Å². The van der Waals surface area contributed by atoms with Crippen LogP contribution < -0.4 is 15.2 Å². The monoisotopic (exact) mass is 539 g/mol. The van der Waals surface area contributed by atoms with Crippen LogP contribution in [0.25, 0.3) is 0 Å². The lowest BCUT2D eigenvalue weighted by Gasteiger charge is -2.17. The van der Waals surface area contributed by atoms with Crippen LogP contribution in [0.1, 0.15) is 34.3 Å². The number of benzene rings is 1. The minimum absolute atomic E-state index is 0.0321. The molecule has 1 aromatic carbocycles. The lowest BCUT2D eigenvalue weighted by molar-refractivity contribution is -0.0498. The third-order valence-corrected chi connectivity index (χ3v) is 6.30. The Hall–Kier alpha value is -3.49. The van der Waals surface area contributed by atoms with Gasteiger partial charge in [0.2, 0.25) is 0 Å². The van der Waals surface area contributed by atoms with Crippen molar-refractivity contribution in [2.75, 3.05) is 11.9 Å². The molecule has 0 radical (unpaired) electrons. The van der Waals surface area contributed by atoms with Gasteiger partial charge in [-0.15, -0.1) is 0 Å². The molecule has 0 unspecified atom stereocenters. The number of aromatic nitrogens is 3. The van der Waals surface area contributed by atoms with Crippen LogP contribution in [0.4, 0.5) is 19.0 Å². The van der Waals surface area contributed by atoms with Gasteiger partial charge >= 0.3 is 16.9 Å². The van der Waals surface area contributed by atoms with Crippen molar-refractivity contribution in [1.82, 2.24) is 14.5 Å². The first-order valence-electron chi connectivity index (χ1n) is 11.2. The molecule has 0 aliphatic heterocycles. The van der Waals surface area contributed by atoms with Gasteiger partial charge in [0.25, 0.3) is 0 Å². The van der Waals surface area contributed by atoms with E-state index in [0.717, 1.165) is 0 Å². The number of nitrogens with two attached hydrogens (primary N) is 1. The molecular weight excluding hydrogens is 515 g/mol. The maximum atomic E-state index is 14.6. The van der Waals surface area contributed by atoms with Crippen molar-refractivity contribution in [3.05, 3.63) is 71.9 Å². The number of hydrogen-bond donors (Lipinski definition) is 2. The second-order valence-electron chi connectivity index (χ2n) is 8.59. The first-order chi connectivity index (χ1) is 17.6. The van der Waals surface area contributed by atoms with Gasteiger partial charge in [-0.1, -0.05) is 12.1 Å². The van der Waals surface area contributed by atoms with E-state index in [1.807, 2.05) is 0 Å². The number of ketones is 1. The smallest absolute Gasteiger partial charge is 0.387 e. The molecule has 10 nitrogen and oxygen atoms in total. The molecule has 1 aliphatic carbocycles. The number of ether oxygens (including phenoxy) is 1. The Balaban J connectivity index is 1.44. The van der Waals surface area contributed by atoms with Crippen molar-refractivity contribution in [3.63, 3.8) is 0 Å². The molecule has 0 spiro atoms. The molecule has 2 heterocycles. The number of carbonyl (C=O) groups is 1. The van der Waals surface area contributed by atoms with Crippen LogP contribution in [0.15, 0.2) is 55.2 Å². The van der Waals surface area contributed by atoms with E-state index in [0.29, 0.717) is 17.7 Å². The predicted molar refractivity (Wildman–Crippen MR) is 126 cm³/mol. The lowest BCUT2D eigenvalue weighted by atomic mass is 10.1. The average molecular weight is 540 g/mol. The van der Waals surface area contributed by atoms with Crippen molar-refractivity contribution in [1.29, 1.82) is 0 Å². The molecule has 3 atom stereocenters. The van der Waals surface area contributed by atoms with Crippen LogP contribution >= 0.6 is 0 Å². The van der Waals surface area contributed by atoms with Gasteiger partial charge < -0.3 is 14.6 Å². The fourth-order valence-electron chi connectivity index (χ4n) is 4.21. The topological polar surface area (TPSA) is 138 Å². The summed E-state index contributed by atoms with van der Waals surface area (Å²) in [6, 6.07) is 7.11. The van der Waals surface area contributed by atoms with Crippen LogP contribution in [0.2, 0.25) is 0 Å². The Morgan fingerprint density at radius 3 is 2.84 bits per heavy atom. The van der Waals surface area contributed by atoms with Crippen molar-refractivity contribution in [2.24, 2.45) is 11.1 Å². The molecule has 198 valence electrons. The van der Waals surface area contributed by atoms with Gasteiger partial charge in [0.15, 0.2) is 5.78 Å². The molecule has 0 saturated heterocycles. The van der Waals surface area contributed by atoms with E-state index in [1.165, 1.54) is 24.7 Å². The summed E-state index contributed by atoms with van der Waals surface area (Å²) in [5.74, 6) is -0.612. The maximum absolute atomic E-state index is 14.6. The van der Waals surface area contributed by atoms with Crippen LogP contribution in [-0.4, -0.2) is 54.2 Å². The van der Waals surface area contributed by atoms with Gasteiger partial charge in [-0.3, -0.25) is 8.98 Å². The highest BCUT2D eigenvalue weighted by atomic mass is 32.2. The summed E-state index contributed by atoms with van der Waals surface area (Å²) < 4.78 is 72.3. The van der Waals surface area contributed by atoms with Crippen molar-refractivity contribution >= 4 is 21.9 Å². The van der Waals surface area contributed by atoms with Crippen LogP contribution in [0, 0.1) is 5.92 Å². The van der Waals surface area contributed by atoms with Crippen LogP contribution in [0.3, 0.4) is 0 Å². The molecule has 1 aliphatic rings. The highest BCUT2D eigenvalue weighted by Gasteiger charge is 2.36. The standard InChI is InChI=1S/C23H24F3N5O5S/c24-19-7-15(12-35-37(27,33)34)8-20(19)30-22-18(9-28-13-29-22)21(32)16-4-5-31(11-16)10-14-2-1-3-17(6-14)36-23(25)26/h1-6,9,11,13,15,19-20,23H,7-8,10,12H2,(H2,27,33,34)(H,28,29,30)/t15-,19+,20-/m1/s1. The first kappa shape index (κ1) is 26.6. The molecule has 4 rings (SSSR count). The van der Waals surface area contributed by atoms with Gasteiger partial charge in [-0.25, -0.2) is 19.5 Å². The Labute approximate surface area is 210 Å². The number of nitrogens with zero attached hydrogens (tertiary/aromatic N) is 3. The first-order valence-corrected chi connectivity index (χ1v) is 12.7. The van der Waals surface area contributed by atoms with E-state index in [-0.39, 0.29) is 42.5 Å². The quantitative estimate of drug-likeness (QED) is 0.355. The summed E-state index contributed by atoms with van der Waals surface area (Å²) in [5.41, 5.74) is 1.14. The van der Waals surface area contributed by atoms with Gasteiger partial charge in [-0.2, -0.15) is 17.2 Å². The zero-order valence-corrected chi connectivity index (χ0v) is 20.2. The summed E-state index contributed by atoms with van der Waals surface area (Å²) in [4.78, 5) is 21.2. The number of rotatable bonds is 11. The summed E-state index contributed by atoms with van der Waals surface area (Å²) in [7, 11) is -4.13. The molecule has 2 aromatic heterocycles. The Morgan fingerprint density at radius 2 is 2.08 bits per heavy atom. The number of nitrogens with one attached hydrogen (secondary N) is 1. The Bertz CT molecular complexity index is 1350. The molecule has 3 N–H and O–H groups in total. The fourth-order valence-corrected chi connectivity index (χ4v) is 4.59. The number of halogens is 3. The third kappa shape index (κ3) is 7.27. The van der Waals surface area contributed by atoms with Gasteiger partial charge in [0.1, 0.15) is 24.1 Å². The molecule has 0 bridgehead atoms. The highest BCUT2D eigenvalue weighted by molar-refractivity contribution is 7.84. The lowest BCUT2D eigenvalue weighted by Crippen LogP contribution is -2.27. The molecule has 1 fully saturated rings. The normalized spacial score (nSPS) is 19.8. The van der Waals surface area contributed by atoms with Gasteiger partial charge in [0, 0.05) is 30.7 Å². The number of alkyl halides is 3. The molecule has 1 saturated carbocycles. The minimum Gasteiger partial charge on any atom is -0.435 e. The summed E-state index contributed by atoms with van der Waals surface area (Å²) >= 11 is 0. The van der Waals surface area contributed by atoms with E-state index in [4.69, 9.17) is 5.14 Å². The largest absolute Gasteiger partial charge is 0.435 e. The second-order valence-corrected chi connectivity index (χ2v) is 9.82. The van der Waals surface area contributed by atoms with E-state index < -0.39 is 34.9 Å². The number of carbonyl (C=O) groups excluding carboxylic acids is 1. The van der Waals surface area contributed by atoms with Crippen LogP contribution in [-0.2, 0) is 21.0 Å².